The van der Waals surface area contributed by atoms with Gasteiger partial charge >= 0.3 is 17.3 Å². The monoisotopic (exact) mass is 507 g/mol. The SMILES string of the molecule is O=C(O)CCCn1c(=O)nc(Nc2ccc(Oc3ccccn3)cc2)n(Cc2ccc(Cl)cc2)c1=O. The number of nitrogens with one attached hydrogen (secondary N) is 1. The maximum atomic E-state index is 13.3. The third-order valence-electron chi connectivity index (χ3n) is 5.15. The highest BCUT2D eigenvalue weighted by molar-refractivity contribution is 6.30. The molecule has 0 fully saturated rings. The van der Waals surface area contributed by atoms with E-state index in [4.69, 9.17) is 21.4 Å². The summed E-state index contributed by atoms with van der Waals surface area (Å²) in [6.07, 6.45) is 1.58. The molecule has 0 unspecified atom stereocenters. The summed E-state index contributed by atoms with van der Waals surface area (Å²) >= 11 is 5.98. The molecule has 11 heteroatoms. The number of anilines is 2. The van der Waals surface area contributed by atoms with Gasteiger partial charge in [0.15, 0.2) is 0 Å². The molecule has 2 aromatic heterocycles. The average molecular weight is 508 g/mol. The van der Waals surface area contributed by atoms with E-state index >= 15 is 0 Å². The molecule has 0 bridgehead atoms. The fraction of sp³-hybridized carbons (Fsp3) is 0.160. The summed E-state index contributed by atoms with van der Waals surface area (Å²) in [7, 11) is 0. The minimum Gasteiger partial charge on any atom is -0.481 e. The van der Waals surface area contributed by atoms with Crippen molar-refractivity contribution in [1.82, 2.24) is 19.1 Å². The number of aromatic nitrogens is 4. The number of halogens is 1. The number of ether oxygens (including phenoxy) is 1. The fourth-order valence-electron chi connectivity index (χ4n) is 3.38. The van der Waals surface area contributed by atoms with Crippen molar-refractivity contribution >= 4 is 29.2 Å². The third-order valence-corrected chi connectivity index (χ3v) is 5.40. The lowest BCUT2D eigenvalue weighted by atomic mass is 10.2. The van der Waals surface area contributed by atoms with Gasteiger partial charge in [-0.3, -0.25) is 9.36 Å². The molecule has 0 radical (unpaired) electrons. The fourth-order valence-corrected chi connectivity index (χ4v) is 3.51. The first-order valence-corrected chi connectivity index (χ1v) is 11.4. The first-order chi connectivity index (χ1) is 17.4. The number of rotatable bonds is 10. The summed E-state index contributed by atoms with van der Waals surface area (Å²) in [5.74, 6) is 0.0434. The number of benzene rings is 2. The summed E-state index contributed by atoms with van der Waals surface area (Å²) < 4.78 is 7.95. The van der Waals surface area contributed by atoms with Gasteiger partial charge < -0.3 is 15.2 Å². The maximum absolute atomic E-state index is 13.3. The van der Waals surface area contributed by atoms with Gasteiger partial charge in [0.2, 0.25) is 11.8 Å². The van der Waals surface area contributed by atoms with Crippen LogP contribution in [0.3, 0.4) is 0 Å². The predicted molar refractivity (Wildman–Crippen MR) is 134 cm³/mol. The van der Waals surface area contributed by atoms with Crippen LogP contribution in [0.2, 0.25) is 5.02 Å². The van der Waals surface area contributed by atoms with Crippen LogP contribution < -0.4 is 21.4 Å². The standard InChI is InChI=1S/C25H22ClN5O5/c26-18-8-6-17(7-9-18)16-31-23(29-24(34)30(25(31)35)15-3-5-22(32)33)28-19-10-12-20(13-11-19)36-21-4-1-2-14-27-21/h1-2,4,6-14H,3,5,15-16H2,(H,32,33)(H,28,29,34). The molecule has 2 heterocycles. The van der Waals surface area contributed by atoms with Crippen molar-refractivity contribution in [2.45, 2.75) is 25.9 Å². The average Bonchev–Trinajstić information content (AvgIpc) is 2.86. The van der Waals surface area contributed by atoms with Gasteiger partial charge in [-0.15, -0.1) is 0 Å². The molecule has 36 heavy (non-hydrogen) atoms. The molecule has 0 aliphatic heterocycles. The summed E-state index contributed by atoms with van der Waals surface area (Å²) in [6.45, 7) is 0.0584. The molecule has 0 saturated carbocycles. The Kier molecular flexibility index (Phi) is 7.76. The molecule has 0 saturated heterocycles. The van der Waals surface area contributed by atoms with Crippen molar-refractivity contribution in [3.8, 4) is 11.6 Å². The van der Waals surface area contributed by atoms with Gasteiger partial charge in [-0.05, 0) is 54.4 Å². The van der Waals surface area contributed by atoms with Crippen LogP contribution in [0.15, 0.2) is 82.5 Å². The number of hydrogen-bond donors (Lipinski definition) is 2. The first kappa shape index (κ1) is 24.7. The zero-order valence-corrected chi connectivity index (χ0v) is 19.8. The number of aliphatic carboxylic acids is 1. The second-order valence-electron chi connectivity index (χ2n) is 7.78. The minimum absolute atomic E-state index is 0.0489. The van der Waals surface area contributed by atoms with E-state index in [1.54, 1.807) is 66.9 Å². The van der Waals surface area contributed by atoms with E-state index in [0.717, 1.165) is 10.1 Å². The van der Waals surface area contributed by atoms with Crippen LogP contribution in [0, 0.1) is 0 Å². The number of pyridine rings is 1. The van der Waals surface area contributed by atoms with E-state index in [1.165, 1.54) is 4.57 Å². The molecule has 0 atom stereocenters. The molecule has 2 N–H and O–H groups in total. The van der Waals surface area contributed by atoms with Gasteiger partial charge in [-0.1, -0.05) is 29.8 Å². The smallest absolute Gasteiger partial charge is 0.354 e. The van der Waals surface area contributed by atoms with Crippen LogP contribution in [0.1, 0.15) is 18.4 Å². The molecule has 4 aromatic rings. The zero-order valence-electron chi connectivity index (χ0n) is 19.0. The quantitative estimate of drug-likeness (QED) is 0.330. The molecular weight excluding hydrogens is 486 g/mol. The lowest BCUT2D eigenvalue weighted by Crippen LogP contribution is -2.42. The Hall–Kier alpha value is -4.44. The number of nitrogens with zero attached hydrogens (tertiary/aromatic N) is 4. The van der Waals surface area contributed by atoms with E-state index in [9.17, 15) is 14.4 Å². The largest absolute Gasteiger partial charge is 0.481 e. The Labute approximate surface area is 210 Å². The molecule has 184 valence electrons. The highest BCUT2D eigenvalue weighted by Crippen LogP contribution is 2.22. The Morgan fingerprint density at radius 2 is 1.75 bits per heavy atom. The molecule has 0 amide bonds. The first-order valence-electron chi connectivity index (χ1n) is 11.0. The van der Waals surface area contributed by atoms with Crippen LogP contribution in [0.4, 0.5) is 11.6 Å². The summed E-state index contributed by atoms with van der Waals surface area (Å²) in [5, 5.41) is 12.5. The number of carboxylic acid groups (broad SMARTS) is 1. The molecule has 0 aliphatic rings. The summed E-state index contributed by atoms with van der Waals surface area (Å²) in [6, 6.07) is 19.1. The normalized spacial score (nSPS) is 10.7. The lowest BCUT2D eigenvalue weighted by molar-refractivity contribution is -0.137. The number of carbonyl (C=O) groups is 1. The second-order valence-corrected chi connectivity index (χ2v) is 8.22. The molecule has 2 aromatic carbocycles. The van der Waals surface area contributed by atoms with E-state index in [0.29, 0.717) is 22.3 Å². The Bertz CT molecular complexity index is 1450. The molecule has 4 rings (SSSR count). The molecule has 0 aliphatic carbocycles. The van der Waals surface area contributed by atoms with Crippen LogP contribution in [-0.2, 0) is 17.9 Å². The van der Waals surface area contributed by atoms with Crippen molar-refractivity contribution in [2.75, 3.05) is 5.32 Å². The minimum atomic E-state index is -1.01. The highest BCUT2D eigenvalue weighted by atomic mass is 35.5. The van der Waals surface area contributed by atoms with Crippen molar-refractivity contribution in [3.05, 3.63) is 104 Å². The molecule has 0 spiro atoms. The number of hydrogen-bond acceptors (Lipinski definition) is 7. The van der Waals surface area contributed by atoms with Crippen LogP contribution in [-0.4, -0.2) is 30.2 Å². The van der Waals surface area contributed by atoms with Crippen LogP contribution >= 0.6 is 11.6 Å². The Morgan fingerprint density at radius 3 is 2.42 bits per heavy atom. The highest BCUT2D eigenvalue weighted by Gasteiger charge is 2.15. The summed E-state index contributed by atoms with van der Waals surface area (Å²) in [4.78, 5) is 44.9. The van der Waals surface area contributed by atoms with Crippen LogP contribution in [0.25, 0.3) is 0 Å². The van der Waals surface area contributed by atoms with E-state index in [1.807, 2.05) is 6.07 Å². The topological polar surface area (TPSA) is 128 Å². The van der Waals surface area contributed by atoms with Crippen LogP contribution in [0.5, 0.6) is 11.6 Å². The van der Waals surface area contributed by atoms with Crippen molar-refractivity contribution in [2.24, 2.45) is 0 Å². The Morgan fingerprint density at radius 1 is 1.00 bits per heavy atom. The third kappa shape index (κ3) is 6.36. The van der Waals surface area contributed by atoms with Gasteiger partial charge in [0, 0.05) is 35.9 Å². The van der Waals surface area contributed by atoms with Crippen molar-refractivity contribution in [3.63, 3.8) is 0 Å². The molecule has 10 nitrogen and oxygen atoms in total. The second kappa shape index (κ2) is 11.3. The Balaban J connectivity index is 1.62. The van der Waals surface area contributed by atoms with E-state index < -0.39 is 17.3 Å². The van der Waals surface area contributed by atoms with Gasteiger partial charge in [0.1, 0.15) is 5.75 Å². The van der Waals surface area contributed by atoms with Crippen molar-refractivity contribution in [1.29, 1.82) is 0 Å². The number of carboxylic acids is 1. The van der Waals surface area contributed by atoms with E-state index in [2.05, 4.69) is 15.3 Å². The van der Waals surface area contributed by atoms with Gasteiger partial charge in [0.25, 0.3) is 0 Å². The lowest BCUT2D eigenvalue weighted by Gasteiger charge is -2.16. The van der Waals surface area contributed by atoms with E-state index in [-0.39, 0.29) is 31.9 Å². The van der Waals surface area contributed by atoms with Gasteiger partial charge in [0.05, 0.1) is 6.54 Å². The van der Waals surface area contributed by atoms with Crippen molar-refractivity contribution < 1.29 is 14.6 Å². The molecular formula is C25H22ClN5O5. The van der Waals surface area contributed by atoms with Gasteiger partial charge in [-0.2, -0.15) is 4.98 Å². The summed E-state index contributed by atoms with van der Waals surface area (Å²) in [5.41, 5.74) is -0.0346. The zero-order chi connectivity index (χ0) is 25.5. The van der Waals surface area contributed by atoms with Gasteiger partial charge in [-0.25, -0.2) is 19.1 Å². The maximum Gasteiger partial charge on any atom is 0.354 e. The predicted octanol–water partition coefficient (Wildman–Crippen LogP) is 3.90.